The highest BCUT2D eigenvalue weighted by Crippen LogP contribution is 2.54. The van der Waals surface area contributed by atoms with Crippen LogP contribution in [-0.2, 0) is 27.3 Å². The number of aliphatic hydroxyl groups excluding tert-OH is 2. The third-order valence-electron chi connectivity index (χ3n) is 9.19. The third kappa shape index (κ3) is 4.02. The lowest BCUT2D eigenvalue weighted by Crippen LogP contribution is -2.65. The Morgan fingerprint density at radius 1 is 1.12 bits per heavy atom. The zero-order chi connectivity index (χ0) is 29.3. The molecule has 1 aromatic rings. The Morgan fingerprint density at radius 2 is 1.77 bits per heavy atom. The normalized spacial score (nSPS) is 28.6. The number of nitrogens with zero attached hydrogens (tertiary/aromatic N) is 2. The van der Waals surface area contributed by atoms with Crippen LogP contribution in [-0.4, -0.2) is 88.7 Å². The summed E-state index contributed by atoms with van der Waals surface area (Å²) in [7, 11) is 6.88. The number of anilines is 1. The number of Topliss-reactive ketones (excluding diaryl/α,β-unsaturated/α-hetero) is 2. The van der Waals surface area contributed by atoms with E-state index in [2.05, 4.69) is 5.32 Å². The van der Waals surface area contributed by atoms with E-state index in [1.165, 1.54) is 4.90 Å². The molecule has 0 aliphatic heterocycles. The van der Waals surface area contributed by atoms with Gasteiger partial charge in [0.05, 0.1) is 11.6 Å². The van der Waals surface area contributed by atoms with Gasteiger partial charge in [-0.3, -0.25) is 19.3 Å². The van der Waals surface area contributed by atoms with Crippen LogP contribution in [0.3, 0.4) is 0 Å². The van der Waals surface area contributed by atoms with E-state index >= 15 is 0 Å². The summed E-state index contributed by atoms with van der Waals surface area (Å²) in [6.07, 6.45) is 4.72. The molecule has 0 aromatic heterocycles. The number of aromatic hydroxyl groups is 1. The minimum Gasteiger partial charge on any atom is -0.508 e. The fourth-order valence-corrected chi connectivity index (χ4v) is 7.26. The molecule has 40 heavy (non-hydrogen) atoms. The molecule has 11 heteroatoms. The van der Waals surface area contributed by atoms with Gasteiger partial charge in [0.15, 0.2) is 11.4 Å². The number of amides is 1. The van der Waals surface area contributed by atoms with Gasteiger partial charge < -0.3 is 36.4 Å². The molecule has 11 nitrogen and oxygen atoms in total. The summed E-state index contributed by atoms with van der Waals surface area (Å²) in [4.78, 5) is 42.8. The Kier molecular flexibility index (Phi) is 6.96. The number of rotatable bonds is 6. The molecule has 0 radical (unpaired) electrons. The average molecular weight is 555 g/mol. The number of phenols is 1. The number of benzene rings is 1. The second-order valence-electron chi connectivity index (χ2n) is 12.0. The SMILES string of the molecule is CN(C)c1cc(CNC2CCCC2)c(O)c2c1C[C@H]1C[C@H]3C(N(C)C)C(=O)C(C(N)=O)=C(O)[C@@]3(O)C(=O)C1=C2O. The number of fused-ring (bicyclic) bond motifs is 3. The van der Waals surface area contributed by atoms with Crippen LogP contribution in [0.15, 0.2) is 23.0 Å². The molecular weight excluding hydrogens is 516 g/mol. The summed E-state index contributed by atoms with van der Waals surface area (Å²) in [6, 6.07) is 1.12. The van der Waals surface area contributed by atoms with Gasteiger partial charge >= 0.3 is 0 Å². The fraction of sp³-hybridized carbons (Fsp3) is 0.552. The minimum absolute atomic E-state index is 0.0599. The van der Waals surface area contributed by atoms with Gasteiger partial charge in [-0.05, 0) is 57.3 Å². The predicted molar refractivity (Wildman–Crippen MR) is 148 cm³/mol. The quantitative estimate of drug-likeness (QED) is 0.279. The van der Waals surface area contributed by atoms with Crippen LogP contribution in [0.2, 0.25) is 0 Å². The molecule has 216 valence electrons. The van der Waals surface area contributed by atoms with Gasteiger partial charge in [-0.25, -0.2) is 0 Å². The molecule has 0 heterocycles. The Balaban J connectivity index is 1.67. The van der Waals surface area contributed by atoms with Crippen LogP contribution in [0.5, 0.6) is 5.75 Å². The third-order valence-corrected chi connectivity index (χ3v) is 9.19. The number of phenolic OH excluding ortho intramolecular Hbond substituents is 1. The highest BCUT2D eigenvalue weighted by Gasteiger charge is 2.64. The number of likely N-dealkylation sites (N-methyl/N-ethyl adjacent to an activating group) is 1. The number of nitrogens with two attached hydrogens (primary N) is 1. The number of hydrogen-bond donors (Lipinski definition) is 6. The lowest BCUT2D eigenvalue weighted by molar-refractivity contribution is -0.153. The van der Waals surface area contributed by atoms with E-state index in [1.807, 2.05) is 25.1 Å². The van der Waals surface area contributed by atoms with E-state index in [-0.39, 0.29) is 29.7 Å². The van der Waals surface area contributed by atoms with Crippen molar-refractivity contribution in [2.75, 3.05) is 33.1 Å². The minimum atomic E-state index is -2.65. The van der Waals surface area contributed by atoms with Crippen molar-refractivity contribution in [2.24, 2.45) is 17.6 Å². The summed E-state index contributed by atoms with van der Waals surface area (Å²) in [6.45, 7) is 0.370. The van der Waals surface area contributed by atoms with Crippen LogP contribution in [0.25, 0.3) is 5.76 Å². The van der Waals surface area contributed by atoms with Gasteiger partial charge in [0.25, 0.3) is 5.91 Å². The lowest BCUT2D eigenvalue weighted by Gasteiger charge is -2.50. The van der Waals surface area contributed by atoms with Crippen LogP contribution in [0.4, 0.5) is 5.69 Å². The molecule has 0 bridgehead atoms. The summed E-state index contributed by atoms with van der Waals surface area (Å²) in [5.41, 5.74) is 3.89. The molecular formula is C29H38N4O7. The molecule has 1 unspecified atom stereocenters. The first kappa shape index (κ1) is 28.1. The Morgan fingerprint density at radius 3 is 2.35 bits per heavy atom. The second kappa shape index (κ2) is 9.90. The summed E-state index contributed by atoms with van der Waals surface area (Å²) in [5, 5.41) is 49.2. The van der Waals surface area contributed by atoms with Crippen molar-refractivity contribution in [2.45, 2.75) is 62.8 Å². The van der Waals surface area contributed by atoms with Crippen molar-refractivity contribution >= 4 is 28.9 Å². The van der Waals surface area contributed by atoms with Gasteiger partial charge in [0.2, 0.25) is 5.78 Å². The average Bonchev–Trinajstić information content (AvgIpc) is 3.39. The molecule has 2 saturated carbocycles. The topological polar surface area (TPSA) is 177 Å². The number of primary amides is 1. The maximum Gasteiger partial charge on any atom is 0.255 e. The first-order valence-electron chi connectivity index (χ1n) is 13.7. The van der Waals surface area contributed by atoms with Crippen molar-refractivity contribution in [1.82, 2.24) is 10.2 Å². The van der Waals surface area contributed by atoms with E-state index in [0.29, 0.717) is 23.7 Å². The first-order valence-corrected chi connectivity index (χ1v) is 13.7. The van der Waals surface area contributed by atoms with Gasteiger partial charge in [0.1, 0.15) is 22.8 Å². The van der Waals surface area contributed by atoms with Gasteiger partial charge in [0, 0.05) is 49.4 Å². The summed E-state index contributed by atoms with van der Waals surface area (Å²) >= 11 is 0. The number of hydrogen-bond acceptors (Lipinski definition) is 10. The van der Waals surface area contributed by atoms with E-state index < -0.39 is 58.0 Å². The van der Waals surface area contributed by atoms with E-state index in [4.69, 9.17) is 5.73 Å². The molecule has 4 aliphatic rings. The molecule has 7 N–H and O–H groups in total. The molecule has 4 aliphatic carbocycles. The highest BCUT2D eigenvalue weighted by atomic mass is 16.3. The van der Waals surface area contributed by atoms with Gasteiger partial charge in [-0.15, -0.1) is 0 Å². The Labute approximate surface area is 232 Å². The van der Waals surface area contributed by atoms with Gasteiger partial charge in [-0.1, -0.05) is 12.8 Å². The maximum atomic E-state index is 14.1. The number of nitrogens with one attached hydrogen (secondary N) is 1. The van der Waals surface area contributed by atoms with Gasteiger partial charge in [-0.2, -0.15) is 0 Å². The standard InChI is InChI=1S/C29H38N4O7/c1-32(2)18-11-14(12-31-15-7-5-6-8-15)23(34)20-16(18)9-13-10-17-22(33(3)4)25(36)21(28(30)39)27(38)29(17,40)26(37)19(13)24(20)35/h11,13,15,17,22,31,34-35,38,40H,5-10,12H2,1-4H3,(H2,30,39)/t13-,17-,22?,29-/m0/s1. The van der Waals surface area contributed by atoms with E-state index in [1.54, 1.807) is 14.1 Å². The molecule has 1 aromatic carbocycles. The highest BCUT2D eigenvalue weighted by molar-refractivity contribution is 6.24. The smallest absolute Gasteiger partial charge is 0.255 e. The van der Waals surface area contributed by atoms with E-state index in [9.17, 15) is 34.8 Å². The first-order chi connectivity index (χ1) is 18.8. The number of aliphatic hydroxyl groups is 3. The molecule has 0 saturated heterocycles. The predicted octanol–water partition coefficient (Wildman–Crippen LogP) is 1.06. The monoisotopic (exact) mass is 554 g/mol. The van der Waals surface area contributed by atoms with Crippen molar-refractivity contribution in [3.05, 3.63) is 39.7 Å². The molecule has 0 spiro atoms. The van der Waals surface area contributed by atoms with Crippen molar-refractivity contribution in [3.8, 4) is 5.75 Å². The largest absolute Gasteiger partial charge is 0.508 e. The fourth-order valence-electron chi connectivity index (χ4n) is 7.26. The number of ketones is 2. The Hall–Kier alpha value is -3.41. The van der Waals surface area contributed by atoms with Crippen molar-refractivity contribution < 1.29 is 34.8 Å². The molecule has 2 fully saturated rings. The van der Waals surface area contributed by atoms with Crippen molar-refractivity contribution in [3.63, 3.8) is 0 Å². The van der Waals surface area contributed by atoms with Crippen LogP contribution >= 0.6 is 0 Å². The summed E-state index contributed by atoms with van der Waals surface area (Å²) in [5.74, 6) is -6.45. The molecule has 5 rings (SSSR count). The van der Waals surface area contributed by atoms with Crippen LogP contribution < -0.4 is 16.0 Å². The zero-order valence-corrected chi connectivity index (χ0v) is 23.3. The Bertz CT molecular complexity index is 1360. The van der Waals surface area contributed by atoms with Crippen LogP contribution in [0.1, 0.15) is 48.8 Å². The van der Waals surface area contributed by atoms with E-state index in [0.717, 1.165) is 31.4 Å². The van der Waals surface area contributed by atoms with Crippen LogP contribution in [0, 0.1) is 11.8 Å². The van der Waals surface area contributed by atoms with Crippen molar-refractivity contribution in [1.29, 1.82) is 0 Å². The lowest BCUT2D eigenvalue weighted by atomic mass is 9.57. The molecule has 4 atom stereocenters. The number of carbonyl (C=O) groups is 3. The summed E-state index contributed by atoms with van der Waals surface area (Å²) < 4.78 is 0. The number of carbonyl (C=O) groups excluding carboxylic acids is 3. The second-order valence-corrected chi connectivity index (χ2v) is 12.0. The molecule has 1 amide bonds. The maximum absolute atomic E-state index is 14.1. The zero-order valence-electron chi connectivity index (χ0n) is 23.3.